The summed E-state index contributed by atoms with van der Waals surface area (Å²) in [6, 6.07) is 0. The Labute approximate surface area is 112 Å². The molecule has 0 saturated heterocycles. The van der Waals surface area contributed by atoms with E-state index in [2.05, 4.69) is 13.8 Å². The normalized spacial score (nSPS) is 38.6. The van der Waals surface area contributed by atoms with Gasteiger partial charge in [-0.25, -0.2) is 0 Å². The monoisotopic (exact) mass is 258 g/mol. The topological polar surface area (TPSA) is 46.5 Å². The Morgan fingerprint density at radius 3 is 2.33 bits per heavy atom. The summed E-state index contributed by atoms with van der Waals surface area (Å²) in [5, 5.41) is 9.09. The molecular weight excluding hydrogens is 228 g/mol. The Balaban J connectivity index is 0.00000144. The van der Waals surface area contributed by atoms with Crippen molar-refractivity contribution >= 4 is 5.97 Å². The third-order valence-corrected chi connectivity index (χ3v) is 4.67. The highest BCUT2D eigenvalue weighted by Crippen LogP contribution is 2.55. The molecule has 6 atom stereocenters. The summed E-state index contributed by atoms with van der Waals surface area (Å²) in [4.78, 5) is 11.9. The first-order chi connectivity index (χ1) is 7.50. The van der Waals surface area contributed by atoms with Gasteiger partial charge in [-0.2, -0.15) is 0 Å². The van der Waals surface area contributed by atoms with Crippen molar-refractivity contribution in [1.29, 1.82) is 0 Å². The van der Waals surface area contributed by atoms with Crippen LogP contribution < -0.4 is 0 Å². The van der Waals surface area contributed by atoms with E-state index >= 15 is 0 Å². The average Bonchev–Trinajstić information content (AvgIpc) is 2.77. The summed E-state index contributed by atoms with van der Waals surface area (Å²) in [5.41, 5.74) is 0. The van der Waals surface area contributed by atoms with Gasteiger partial charge in [0.15, 0.2) is 0 Å². The van der Waals surface area contributed by atoms with E-state index in [0.717, 1.165) is 12.3 Å². The number of carbonyl (C=O) groups is 1. The molecule has 18 heavy (non-hydrogen) atoms. The third-order valence-electron chi connectivity index (χ3n) is 4.67. The van der Waals surface area contributed by atoms with Crippen LogP contribution in [-0.4, -0.2) is 23.8 Å². The number of hydrogen-bond donors (Lipinski definition) is 1. The highest BCUT2D eigenvalue weighted by Gasteiger charge is 2.51. The van der Waals surface area contributed by atoms with Crippen LogP contribution in [-0.2, 0) is 9.53 Å². The van der Waals surface area contributed by atoms with Crippen LogP contribution in [0.3, 0.4) is 0 Å². The molecule has 0 aromatic carbocycles. The lowest BCUT2D eigenvalue weighted by atomic mass is 9.76. The number of rotatable bonds is 3. The second kappa shape index (κ2) is 6.55. The minimum atomic E-state index is -0.557. The summed E-state index contributed by atoms with van der Waals surface area (Å²) in [7, 11) is 0. The molecule has 2 fully saturated rings. The zero-order chi connectivity index (χ0) is 11.9. The summed E-state index contributed by atoms with van der Waals surface area (Å²) >= 11 is 0. The Morgan fingerprint density at radius 2 is 1.89 bits per heavy atom. The van der Waals surface area contributed by atoms with Crippen LogP contribution in [0, 0.1) is 29.6 Å². The highest BCUT2D eigenvalue weighted by atomic mass is 16.5. The van der Waals surface area contributed by atoms with Gasteiger partial charge in [0.25, 0.3) is 0 Å². The van der Waals surface area contributed by atoms with Crippen molar-refractivity contribution in [1.82, 2.24) is 0 Å². The first kappa shape index (κ1) is 17.4. The van der Waals surface area contributed by atoms with Gasteiger partial charge in [0, 0.05) is 0 Å². The van der Waals surface area contributed by atoms with Gasteiger partial charge in [-0.15, -0.1) is 0 Å². The van der Waals surface area contributed by atoms with E-state index in [1.165, 1.54) is 6.42 Å². The maximum absolute atomic E-state index is 11.9. The molecule has 2 rings (SSSR count). The van der Waals surface area contributed by atoms with E-state index in [0.29, 0.717) is 17.8 Å². The highest BCUT2D eigenvalue weighted by molar-refractivity contribution is 5.73. The van der Waals surface area contributed by atoms with Gasteiger partial charge in [-0.05, 0) is 43.4 Å². The van der Waals surface area contributed by atoms with E-state index in [1.807, 2.05) is 0 Å². The summed E-state index contributed by atoms with van der Waals surface area (Å²) in [5.74, 6) is 2.63. The lowest BCUT2D eigenvalue weighted by Gasteiger charge is -2.30. The van der Waals surface area contributed by atoms with E-state index in [1.54, 1.807) is 6.92 Å². The fraction of sp³-hybridized carbons (Fsp3) is 0.933. The molecule has 6 unspecified atom stereocenters. The Bertz CT molecular complexity index is 273. The molecule has 0 amide bonds. The van der Waals surface area contributed by atoms with E-state index in [4.69, 9.17) is 9.84 Å². The second-order valence-corrected chi connectivity index (χ2v) is 5.70. The molecule has 3 nitrogen and oxygen atoms in total. The minimum Gasteiger partial charge on any atom is -0.463 e. The molecule has 0 spiro atoms. The number of hydrogen-bond acceptors (Lipinski definition) is 3. The number of aliphatic hydroxyl groups is 1. The molecule has 2 bridgehead atoms. The summed E-state index contributed by atoms with van der Waals surface area (Å²) in [6.07, 6.45) is 1.63. The Morgan fingerprint density at radius 1 is 1.28 bits per heavy atom. The van der Waals surface area contributed by atoms with Crippen molar-refractivity contribution in [2.45, 2.75) is 54.6 Å². The lowest BCUT2D eigenvalue weighted by molar-refractivity contribution is -0.154. The molecule has 0 radical (unpaired) electrons. The zero-order valence-electron chi connectivity index (χ0n) is 10.3. The SMILES string of the molecule is C.C.CC(O)COC(=O)C1CC2CC1C(C)C2C. The van der Waals surface area contributed by atoms with Crippen molar-refractivity contribution in [3.05, 3.63) is 0 Å². The first-order valence-corrected chi connectivity index (χ1v) is 6.35. The molecule has 0 aliphatic heterocycles. The van der Waals surface area contributed by atoms with Gasteiger partial charge in [0.1, 0.15) is 6.61 Å². The van der Waals surface area contributed by atoms with Crippen LogP contribution in [0.15, 0.2) is 0 Å². The maximum atomic E-state index is 11.9. The number of carbonyl (C=O) groups excluding carboxylic acids is 1. The molecule has 2 saturated carbocycles. The van der Waals surface area contributed by atoms with E-state index < -0.39 is 6.10 Å². The largest absolute Gasteiger partial charge is 0.463 e. The standard InChI is InChI=1S/C13H22O3.2CH4/c1-7(14)6-16-13(15)12-5-10-4-11(12)9(3)8(10)2;;/h7-12,14H,4-6H2,1-3H3;2*1H4. The van der Waals surface area contributed by atoms with Gasteiger partial charge in [-0.3, -0.25) is 4.79 Å². The number of aliphatic hydroxyl groups excluding tert-OH is 1. The van der Waals surface area contributed by atoms with Crippen LogP contribution >= 0.6 is 0 Å². The number of esters is 1. The van der Waals surface area contributed by atoms with Crippen LogP contribution in [0.25, 0.3) is 0 Å². The molecule has 0 aromatic heterocycles. The van der Waals surface area contributed by atoms with Gasteiger partial charge in [0.2, 0.25) is 0 Å². The predicted molar refractivity (Wildman–Crippen MR) is 74.1 cm³/mol. The Hall–Kier alpha value is -0.570. The quantitative estimate of drug-likeness (QED) is 0.791. The maximum Gasteiger partial charge on any atom is 0.309 e. The molecule has 108 valence electrons. The Kier molecular flexibility index (Phi) is 6.35. The van der Waals surface area contributed by atoms with Crippen molar-refractivity contribution in [3.8, 4) is 0 Å². The number of ether oxygens (including phenoxy) is 1. The first-order valence-electron chi connectivity index (χ1n) is 6.35. The van der Waals surface area contributed by atoms with Crippen LogP contribution in [0.1, 0.15) is 48.5 Å². The molecule has 1 N–H and O–H groups in total. The van der Waals surface area contributed by atoms with Crippen molar-refractivity contribution < 1.29 is 14.6 Å². The fourth-order valence-corrected chi connectivity index (χ4v) is 3.52. The average molecular weight is 258 g/mol. The molecule has 2 aliphatic carbocycles. The van der Waals surface area contributed by atoms with Crippen molar-refractivity contribution in [2.24, 2.45) is 29.6 Å². The molecular formula is C15H30O3. The van der Waals surface area contributed by atoms with Crippen molar-refractivity contribution in [2.75, 3.05) is 6.61 Å². The molecule has 2 aliphatic rings. The lowest BCUT2D eigenvalue weighted by Crippen LogP contribution is -2.32. The van der Waals surface area contributed by atoms with Gasteiger partial charge in [0.05, 0.1) is 12.0 Å². The molecule has 0 heterocycles. The van der Waals surface area contributed by atoms with Crippen LogP contribution in [0.4, 0.5) is 0 Å². The third kappa shape index (κ3) is 3.05. The van der Waals surface area contributed by atoms with Crippen LogP contribution in [0.2, 0.25) is 0 Å². The van der Waals surface area contributed by atoms with Gasteiger partial charge >= 0.3 is 5.97 Å². The van der Waals surface area contributed by atoms with Gasteiger partial charge in [-0.1, -0.05) is 28.7 Å². The zero-order valence-corrected chi connectivity index (χ0v) is 10.3. The summed E-state index contributed by atoms with van der Waals surface area (Å²) in [6.45, 7) is 6.32. The van der Waals surface area contributed by atoms with Crippen molar-refractivity contribution in [3.63, 3.8) is 0 Å². The summed E-state index contributed by atoms with van der Waals surface area (Å²) < 4.78 is 5.13. The molecule has 3 heteroatoms. The second-order valence-electron chi connectivity index (χ2n) is 5.70. The van der Waals surface area contributed by atoms with Gasteiger partial charge < -0.3 is 9.84 Å². The fourth-order valence-electron chi connectivity index (χ4n) is 3.52. The molecule has 0 aromatic rings. The van der Waals surface area contributed by atoms with Crippen LogP contribution in [0.5, 0.6) is 0 Å². The van der Waals surface area contributed by atoms with E-state index in [-0.39, 0.29) is 33.3 Å². The predicted octanol–water partition coefficient (Wildman–Crippen LogP) is 3.11. The smallest absolute Gasteiger partial charge is 0.309 e. The minimum absolute atomic E-state index is 0. The van der Waals surface area contributed by atoms with E-state index in [9.17, 15) is 4.79 Å². The number of fused-ring (bicyclic) bond motifs is 2.